The van der Waals surface area contributed by atoms with Crippen LogP contribution in [0.1, 0.15) is 82.8 Å². The predicted molar refractivity (Wildman–Crippen MR) is 194 cm³/mol. The summed E-state index contributed by atoms with van der Waals surface area (Å²) < 4.78 is 6.70. The number of carbonyl (C=O) groups is 1. The van der Waals surface area contributed by atoms with Crippen LogP contribution >= 0.6 is 0 Å². The number of aromatic nitrogens is 4. The van der Waals surface area contributed by atoms with Gasteiger partial charge in [0, 0.05) is 39.3 Å². The normalized spacial score (nSPS) is 17.5. The quantitative estimate of drug-likeness (QED) is 0.179. The van der Waals surface area contributed by atoms with Gasteiger partial charge in [-0.05, 0) is 97.7 Å². The van der Waals surface area contributed by atoms with Crippen molar-refractivity contribution >= 4 is 27.9 Å². The van der Waals surface area contributed by atoms with Crippen LogP contribution < -0.4 is 10.6 Å². The van der Waals surface area contributed by atoms with Crippen LogP contribution in [0.3, 0.4) is 0 Å². The molecule has 0 aliphatic carbocycles. The van der Waals surface area contributed by atoms with Gasteiger partial charge in [0.1, 0.15) is 5.60 Å². The fourth-order valence-corrected chi connectivity index (χ4v) is 6.45. The summed E-state index contributed by atoms with van der Waals surface area (Å²) in [6.45, 7) is 31.7. The highest BCUT2D eigenvalue weighted by Gasteiger charge is 2.32. The molecule has 2 atom stereocenters. The van der Waals surface area contributed by atoms with Gasteiger partial charge >= 0.3 is 6.09 Å². The second-order valence-electron chi connectivity index (χ2n) is 13.5. The van der Waals surface area contributed by atoms with Gasteiger partial charge in [-0.1, -0.05) is 12.1 Å². The average molecular weight is 679 g/mol. The van der Waals surface area contributed by atoms with Crippen molar-refractivity contribution in [2.75, 3.05) is 0 Å². The summed E-state index contributed by atoms with van der Waals surface area (Å²) in [4.78, 5) is 19.9. The molecule has 256 valence electrons. The predicted octanol–water partition coefficient (Wildman–Crippen LogP) is 8.27. The summed E-state index contributed by atoms with van der Waals surface area (Å²) in [7, 11) is 0. The van der Waals surface area contributed by atoms with Crippen LogP contribution in [0.4, 0.5) is 4.79 Å². The molecule has 4 aromatic rings. The number of H-pyrrole nitrogens is 1. The third-order valence-electron chi connectivity index (χ3n) is 8.82. The number of rotatable bonds is 2. The van der Waals surface area contributed by atoms with Crippen molar-refractivity contribution in [3.05, 3.63) is 127 Å². The molecule has 6 rings (SSSR count). The molecule has 2 aromatic heterocycles. The van der Waals surface area contributed by atoms with E-state index in [-0.39, 0.29) is 5.92 Å². The van der Waals surface area contributed by atoms with Crippen LogP contribution in [0.2, 0.25) is 0 Å². The zero-order valence-corrected chi connectivity index (χ0v) is 30.1. The molecule has 0 bridgehead atoms. The van der Waals surface area contributed by atoms with E-state index < -0.39 is 17.6 Å². The summed E-state index contributed by atoms with van der Waals surface area (Å²) in [5.41, 5.74) is 9.55. The second-order valence-corrected chi connectivity index (χ2v) is 13.5. The molecule has 12 nitrogen and oxygen atoms in total. The van der Waals surface area contributed by atoms with Crippen molar-refractivity contribution in [3.63, 3.8) is 0 Å². The van der Waals surface area contributed by atoms with Crippen molar-refractivity contribution in [2.24, 2.45) is 0 Å². The smallest absolute Gasteiger partial charge is 0.435 e. The van der Waals surface area contributed by atoms with E-state index in [9.17, 15) is 15.3 Å². The molecule has 4 heterocycles. The first-order chi connectivity index (χ1) is 24.1. The van der Waals surface area contributed by atoms with Crippen molar-refractivity contribution in [2.45, 2.75) is 79.8 Å². The van der Waals surface area contributed by atoms with E-state index >= 15 is 0 Å². The molecular weight excluding hydrogens is 640 g/mol. The lowest BCUT2D eigenvalue weighted by Crippen LogP contribution is -2.27. The Morgan fingerprint density at radius 3 is 1.82 bits per heavy atom. The topological polar surface area (TPSA) is 153 Å². The molecule has 0 fully saturated rings. The first-order valence-corrected chi connectivity index (χ1v) is 16.2. The maximum atomic E-state index is 12.5. The number of fused-ring (bicyclic) bond motifs is 2. The Morgan fingerprint density at radius 2 is 1.33 bits per heavy atom. The minimum atomic E-state index is -0.630. The lowest BCUT2D eigenvalue weighted by molar-refractivity contribution is 0.0522. The standard InChI is InChI=1S/C22H23N5O2.C17H15N5/c1-12-17(11-23)19(20(24-7)14(3)25-12)15-8-9-18-16(10-15)13(2)26-27(18)21(28)29-22(4,5)6;1-9-14(8-18)16(17(19-4)11(3)20-9)12-5-6-15-13(7-12)10(2)21-22-15/h8-10,19,25H,1-6H3;5-7,16,20H,1-3H3,(H,21,22). The van der Waals surface area contributed by atoms with Crippen molar-refractivity contribution in [1.82, 2.24) is 30.6 Å². The van der Waals surface area contributed by atoms with Crippen molar-refractivity contribution in [1.29, 1.82) is 10.5 Å². The van der Waals surface area contributed by atoms with Crippen molar-refractivity contribution < 1.29 is 9.53 Å². The third kappa shape index (κ3) is 6.69. The monoisotopic (exact) mass is 678 g/mol. The van der Waals surface area contributed by atoms with Gasteiger partial charge in [-0.3, -0.25) is 5.10 Å². The Hall–Kier alpha value is -6.63. The molecule has 2 aliphatic rings. The average Bonchev–Trinajstić information content (AvgIpc) is 3.62. The number of nitriles is 2. The molecule has 0 amide bonds. The first-order valence-electron chi connectivity index (χ1n) is 16.2. The zero-order chi connectivity index (χ0) is 37.4. The summed E-state index contributed by atoms with van der Waals surface area (Å²) >= 11 is 0. The van der Waals surface area contributed by atoms with E-state index in [4.69, 9.17) is 17.9 Å². The molecular formula is C39H38N10O2. The number of hydrogen-bond acceptors (Lipinski definition) is 8. The highest BCUT2D eigenvalue weighted by Crippen LogP contribution is 2.41. The number of nitrogens with one attached hydrogen (secondary N) is 3. The Morgan fingerprint density at radius 1 is 0.824 bits per heavy atom. The van der Waals surface area contributed by atoms with E-state index in [2.05, 4.69) is 47.8 Å². The van der Waals surface area contributed by atoms with Gasteiger partial charge in [0.2, 0.25) is 0 Å². The molecule has 2 unspecified atom stereocenters. The lowest BCUT2D eigenvalue weighted by atomic mass is 9.84. The minimum absolute atomic E-state index is 0.317. The fourth-order valence-electron chi connectivity index (χ4n) is 6.45. The van der Waals surface area contributed by atoms with E-state index in [1.165, 1.54) is 4.68 Å². The van der Waals surface area contributed by atoms with Crippen LogP contribution in [0.5, 0.6) is 0 Å². The summed E-state index contributed by atoms with van der Waals surface area (Å²) in [5.74, 6) is -0.769. The van der Waals surface area contributed by atoms with E-state index in [0.29, 0.717) is 33.8 Å². The van der Waals surface area contributed by atoms with Crippen LogP contribution in [-0.2, 0) is 4.74 Å². The molecule has 51 heavy (non-hydrogen) atoms. The van der Waals surface area contributed by atoms with Crippen LogP contribution in [0.15, 0.2) is 81.7 Å². The lowest BCUT2D eigenvalue weighted by Gasteiger charge is -2.26. The molecule has 12 heteroatoms. The summed E-state index contributed by atoms with van der Waals surface area (Å²) in [6, 6.07) is 15.9. The van der Waals surface area contributed by atoms with Crippen LogP contribution in [0, 0.1) is 49.7 Å². The number of aromatic amines is 1. The minimum Gasteiger partial charge on any atom is -0.442 e. The first kappa shape index (κ1) is 35.7. The third-order valence-corrected chi connectivity index (χ3v) is 8.82. The highest BCUT2D eigenvalue weighted by molar-refractivity contribution is 5.90. The number of hydrogen-bond donors (Lipinski definition) is 3. The van der Waals surface area contributed by atoms with Gasteiger partial charge in [0.05, 0.1) is 65.0 Å². The van der Waals surface area contributed by atoms with Gasteiger partial charge in [-0.2, -0.15) is 25.4 Å². The number of ether oxygens (including phenoxy) is 1. The molecule has 3 N–H and O–H groups in total. The van der Waals surface area contributed by atoms with Crippen LogP contribution in [-0.4, -0.2) is 31.7 Å². The number of aryl methyl sites for hydroxylation is 2. The zero-order valence-electron chi connectivity index (χ0n) is 30.1. The number of carbonyl (C=O) groups excluding carboxylic acids is 1. The van der Waals surface area contributed by atoms with Gasteiger partial charge < -0.3 is 15.4 Å². The summed E-state index contributed by atoms with van der Waals surface area (Å²) in [6.07, 6.45) is -0.545. The van der Waals surface area contributed by atoms with Gasteiger partial charge in [0.25, 0.3) is 0 Å². The Balaban J connectivity index is 0.000000205. The van der Waals surface area contributed by atoms with Gasteiger partial charge in [-0.25, -0.2) is 14.5 Å². The molecule has 2 aliphatic heterocycles. The van der Waals surface area contributed by atoms with E-state index in [1.807, 2.05) is 71.9 Å². The Labute approximate surface area is 297 Å². The molecule has 2 aromatic carbocycles. The van der Waals surface area contributed by atoms with E-state index in [0.717, 1.165) is 55.9 Å². The highest BCUT2D eigenvalue weighted by atomic mass is 16.6. The molecule has 0 spiro atoms. The van der Waals surface area contributed by atoms with E-state index in [1.54, 1.807) is 26.8 Å². The molecule has 0 radical (unpaired) electrons. The number of dihydropyridines is 2. The van der Waals surface area contributed by atoms with Gasteiger partial charge in [-0.15, -0.1) is 0 Å². The second kappa shape index (κ2) is 13.7. The maximum Gasteiger partial charge on any atom is 0.435 e. The van der Waals surface area contributed by atoms with Gasteiger partial charge in [0.15, 0.2) is 11.4 Å². The molecule has 0 saturated carbocycles. The largest absolute Gasteiger partial charge is 0.442 e. The number of allylic oxidation sites excluding steroid dienone is 6. The Bertz CT molecular complexity index is 2340. The van der Waals surface area contributed by atoms with Crippen molar-refractivity contribution in [3.8, 4) is 12.1 Å². The fraction of sp³-hybridized carbons (Fsp3) is 0.308. The number of benzene rings is 2. The number of nitrogens with zero attached hydrogens (tertiary/aromatic N) is 7. The SMILES string of the molecule is [C-]#[N+]C1=C(C)NC(C)=C(C#N)C1c1ccc2c(c1)c(C)nn2C(=O)OC(C)(C)C.[C-]#[N+]C1=C(C)NC(C)=C(C#N)C1c1ccc2n[nH]c(C)c2c1. The van der Waals surface area contributed by atoms with Crippen LogP contribution in [0.25, 0.3) is 31.5 Å². The maximum absolute atomic E-state index is 12.5. The Kier molecular flexibility index (Phi) is 9.59. The molecule has 0 saturated heterocycles. The summed E-state index contributed by atoms with van der Waals surface area (Å²) in [5, 5.41) is 38.8.